The lowest BCUT2D eigenvalue weighted by Gasteiger charge is -2.13. The second-order valence-electron chi connectivity index (χ2n) is 7.46. The molecule has 150 valence electrons. The van der Waals surface area contributed by atoms with E-state index in [-0.39, 0.29) is 5.97 Å². The highest BCUT2D eigenvalue weighted by atomic mass is 16.5. The van der Waals surface area contributed by atoms with Crippen molar-refractivity contribution in [2.75, 3.05) is 6.61 Å². The predicted molar refractivity (Wildman–Crippen MR) is 118 cm³/mol. The van der Waals surface area contributed by atoms with E-state index in [4.69, 9.17) is 9.47 Å². The number of hydrogen-bond donors (Lipinski definition) is 0. The van der Waals surface area contributed by atoms with Crippen molar-refractivity contribution in [2.45, 2.75) is 39.5 Å². The molecule has 0 spiro atoms. The van der Waals surface area contributed by atoms with Crippen LogP contribution in [0.2, 0.25) is 0 Å². The number of rotatable bonds is 8. The molecule has 3 heteroatoms. The van der Waals surface area contributed by atoms with Crippen LogP contribution in [0.4, 0.5) is 0 Å². The second-order valence-corrected chi connectivity index (χ2v) is 7.46. The number of benzene rings is 3. The topological polar surface area (TPSA) is 35.5 Å². The molecular weight excluding hydrogens is 360 g/mol. The van der Waals surface area contributed by atoms with Gasteiger partial charge in [-0.15, -0.1) is 0 Å². The summed E-state index contributed by atoms with van der Waals surface area (Å²) in [5.74, 6) is 1.68. The average molecular weight is 389 g/mol. The van der Waals surface area contributed by atoms with Crippen LogP contribution in [0, 0.1) is 6.92 Å². The van der Waals surface area contributed by atoms with Crippen LogP contribution in [0.25, 0.3) is 11.1 Å². The van der Waals surface area contributed by atoms with Crippen molar-refractivity contribution < 1.29 is 14.3 Å². The molecule has 0 aliphatic rings. The summed E-state index contributed by atoms with van der Waals surface area (Å²) in [4.78, 5) is 12.3. The second kappa shape index (κ2) is 9.92. The number of esters is 1. The van der Waals surface area contributed by atoms with E-state index in [1.807, 2.05) is 60.7 Å². The Balaban J connectivity index is 1.51. The fourth-order valence-electron chi connectivity index (χ4n) is 3.38. The summed E-state index contributed by atoms with van der Waals surface area (Å²) in [5.41, 5.74) is 4.50. The lowest BCUT2D eigenvalue weighted by atomic mass is 9.98. The zero-order valence-electron chi connectivity index (χ0n) is 17.4. The molecule has 29 heavy (non-hydrogen) atoms. The van der Waals surface area contributed by atoms with Crippen LogP contribution in [-0.2, 0) is 4.79 Å². The summed E-state index contributed by atoms with van der Waals surface area (Å²) in [5, 5.41) is 0. The third-order valence-corrected chi connectivity index (χ3v) is 4.85. The first-order chi connectivity index (χ1) is 14.0. The molecule has 0 fully saturated rings. The summed E-state index contributed by atoms with van der Waals surface area (Å²) in [6.07, 6.45) is 0.920. The van der Waals surface area contributed by atoms with Crippen molar-refractivity contribution in [2.24, 2.45) is 0 Å². The van der Waals surface area contributed by atoms with Gasteiger partial charge < -0.3 is 9.47 Å². The first kappa shape index (κ1) is 20.7. The minimum atomic E-state index is -0.247. The van der Waals surface area contributed by atoms with E-state index in [0.717, 1.165) is 16.9 Å². The van der Waals surface area contributed by atoms with Gasteiger partial charge >= 0.3 is 5.97 Å². The van der Waals surface area contributed by atoms with Crippen molar-refractivity contribution in [3.63, 3.8) is 0 Å². The molecule has 0 amide bonds. The maximum atomic E-state index is 12.3. The molecule has 0 atom stereocenters. The van der Waals surface area contributed by atoms with Gasteiger partial charge in [0.1, 0.15) is 11.5 Å². The highest BCUT2D eigenvalue weighted by Gasteiger charge is 2.11. The van der Waals surface area contributed by atoms with Gasteiger partial charge in [-0.2, -0.15) is 0 Å². The fraction of sp³-hybridized carbons (Fsp3) is 0.269. The summed E-state index contributed by atoms with van der Waals surface area (Å²) < 4.78 is 11.4. The van der Waals surface area contributed by atoms with E-state index in [1.165, 1.54) is 11.1 Å². The normalized spacial score (nSPS) is 10.8. The summed E-state index contributed by atoms with van der Waals surface area (Å²) in [6, 6.07) is 23.7. The van der Waals surface area contributed by atoms with Crippen molar-refractivity contribution in [1.82, 2.24) is 0 Å². The lowest BCUT2D eigenvalue weighted by Crippen LogP contribution is -2.10. The SMILES string of the molecule is Cc1cc(OCCCC(=O)Oc2ccccc2-c2ccccc2)ccc1C(C)C. The van der Waals surface area contributed by atoms with Crippen LogP contribution >= 0.6 is 0 Å². The third kappa shape index (κ3) is 5.71. The van der Waals surface area contributed by atoms with Gasteiger partial charge in [-0.1, -0.05) is 68.4 Å². The molecular formula is C26H28O3. The van der Waals surface area contributed by atoms with Gasteiger partial charge in [-0.05, 0) is 54.2 Å². The monoisotopic (exact) mass is 388 g/mol. The standard InChI is InChI=1S/C26H28O3/c1-19(2)23-16-15-22(18-20(23)3)28-17-9-14-26(27)29-25-13-8-7-12-24(25)21-10-5-4-6-11-21/h4-8,10-13,15-16,18-19H,9,14,17H2,1-3H3. The van der Waals surface area contributed by atoms with E-state index in [2.05, 4.69) is 32.9 Å². The van der Waals surface area contributed by atoms with E-state index in [1.54, 1.807) is 0 Å². The van der Waals surface area contributed by atoms with Gasteiger partial charge in [-0.3, -0.25) is 4.79 Å². The van der Waals surface area contributed by atoms with Gasteiger partial charge in [0.2, 0.25) is 0 Å². The molecule has 0 heterocycles. The number of carbonyl (C=O) groups excluding carboxylic acids is 1. The summed E-state index contributed by atoms with van der Waals surface area (Å²) >= 11 is 0. The van der Waals surface area contributed by atoms with Gasteiger partial charge in [0, 0.05) is 12.0 Å². The molecule has 0 radical (unpaired) electrons. The highest BCUT2D eigenvalue weighted by molar-refractivity contribution is 5.77. The largest absolute Gasteiger partial charge is 0.494 e. The Hall–Kier alpha value is -3.07. The van der Waals surface area contributed by atoms with Crippen molar-refractivity contribution in [3.05, 3.63) is 83.9 Å². The molecule has 3 aromatic rings. The van der Waals surface area contributed by atoms with Crippen molar-refractivity contribution in [1.29, 1.82) is 0 Å². The van der Waals surface area contributed by atoms with Crippen LogP contribution in [0.5, 0.6) is 11.5 Å². The van der Waals surface area contributed by atoms with E-state index in [9.17, 15) is 4.79 Å². The van der Waals surface area contributed by atoms with Crippen molar-refractivity contribution in [3.8, 4) is 22.6 Å². The smallest absolute Gasteiger partial charge is 0.311 e. The van der Waals surface area contributed by atoms with Gasteiger partial charge in [0.25, 0.3) is 0 Å². The van der Waals surface area contributed by atoms with Crippen LogP contribution in [-0.4, -0.2) is 12.6 Å². The third-order valence-electron chi connectivity index (χ3n) is 4.85. The van der Waals surface area contributed by atoms with Crippen molar-refractivity contribution >= 4 is 5.97 Å². The van der Waals surface area contributed by atoms with Gasteiger partial charge in [0.15, 0.2) is 0 Å². The molecule has 0 unspecified atom stereocenters. The predicted octanol–water partition coefficient (Wildman–Crippen LogP) is 6.55. The quantitative estimate of drug-likeness (QED) is 0.249. The number of aryl methyl sites for hydroxylation is 1. The Morgan fingerprint density at radius 3 is 2.38 bits per heavy atom. The Bertz CT molecular complexity index is 945. The zero-order chi connectivity index (χ0) is 20.6. The molecule has 3 rings (SSSR count). The summed E-state index contributed by atoms with van der Waals surface area (Å²) in [6.45, 7) is 6.95. The number of ether oxygens (including phenoxy) is 2. The average Bonchev–Trinajstić information content (AvgIpc) is 2.72. The Morgan fingerprint density at radius 2 is 1.66 bits per heavy atom. The molecule has 0 aliphatic heterocycles. The van der Waals surface area contributed by atoms with Crippen LogP contribution < -0.4 is 9.47 Å². The Kier molecular flexibility index (Phi) is 7.07. The first-order valence-corrected chi connectivity index (χ1v) is 10.1. The minimum absolute atomic E-state index is 0.247. The Labute approximate surface area is 173 Å². The molecule has 0 bridgehead atoms. The minimum Gasteiger partial charge on any atom is -0.494 e. The van der Waals surface area contributed by atoms with Crippen LogP contribution in [0.1, 0.15) is 43.7 Å². The lowest BCUT2D eigenvalue weighted by molar-refractivity contribution is -0.134. The van der Waals surface area contributed by atoms with Crippen LogP contribution in [0.3, 0.4) is 0 Å². The molecule has 0 N–H and O–H groups in total. The molecule has 0 saturated carbocycles. The van der Waals surface area contributed by atoms with Crippen LogP contribution in [0.15, 0.2) is 72.8 Å². The maximum absolute atomic E-state index is 12.3. The molecule has 0 saturated heterocycles. The molecule has 0 aromatic heterocycles. The number of carbonyl (C=O) groups is 1. The van der Waals surface area contributed by atoms with E-state index >= 15 is 0 Å². The summed E-state index contributed by atoms with van der Waals surface area (Å²) in [7, 11) is 0. The first-order valence-electron chi connectivity index (χ1n) is 10.1. The van der Waals surface area contributed by atoms with Gasteiger partial charge in [0.05, 0.1) is 6.61 Å². The zero-order valence-corrected chi connectivity index (χ0v) is 17.4. The molecule has 0 aliphatic carbocycles. The molecule has 3 aromatic carbocycles. The highest BCUT2D eigenvalue weighted by Crippen LogP contribution is 2.30. The fourth-order valence-corrected chi connectivity index (χ4v) is 3.38. The Morgan fingerprint density at radius 1 is 0.931 bits per heavy atom. The molecule has 3 nitrogen and oxygen atoms in total. The van der Waals surface area contributed by atoms with E-state index in [0.29, 0.717) is 31.1 Å². The van der Waals surface area contributed by atoms with E-state index < -0.39 is 0 Å². The number of hydrogen-bond acceptors (Lipinski definition) is 3. The van der Waals surface area contributed by atoms with Gasteiger partial charge in [-0.25, -0.2) is 0 Å². The maximum Gasteiger partial charge on any atom is 0.311 e. The number of para-hydroxylation sites is 1.